The first-order chi connectivity index (χ1) is 14.1. The second-order valence-corrected chi connectivity index (χ2v) is 7.47. The lowest BCUT2D eigenvalue weighted by atomic mass is 10.1. The predicted octanol–water partition coefficient (Wildman–Crippen LogP) is 6.48. The highest BCUT2D eigenvalue weighted by atomic mass is 35.5. The van der Waals surface area contributed by atoms with Crippen LogP contribution in [-0.4, -0.2) is 6.61 Å². The molecule has 1 atom stereocenters. The maximum absolute atomic E-state index is 6.58. The molecule has 0 aromatic heterocycles. The highest BCUT2D eigenvalue weighted by Crippen LogP contribution is 2.37. The van der Waals surface area contributed by atoms with E-state index in [1.165, 1.54) is 11.1 Å². The number of halogens is 1. The van der Waals surface area contributed by atoms with E-state index in [1.54, 1.807) is 0 Å². The van der Waals surface area contributed by atoms with Gasteiger partial charge >= 0.3 is 0 Å². The van der Waals surface area contributed by atoms with E-state index in [9.17, 15) is 0 Å². The zero-order valence-corrected chi connectivity index (χ0v) is 18.0. The third-order valence-corrected chi connectivity index (χ3v) is 5.20. The average molecular weight is 410 g/mol. The topological polar surface area (TPSA) is 30.5 Å². The number of ether oxygens (including phenoxy) is 2. The SMILES string of the molecule is CCOc1cc(CN[C@H](C)c2ccccc2)cc(Cl)c1OCc1ccccc1C. The van der Waals surface area contributed by atoms with Gasteiger partial charge in [0, 0.05) is 12.6 Å². The summed E-state index contributed by atoms with van der Waals surface area (Å²) in [5.41, 5.74) is 4.64. The van der Waals surface area contributed by atoms with Gasteiger partial charge < -0.3 is 14.8 Å². The molecule has 0 bridgehead atoms. The second-order valence-electron chi connectivity index (χ2n) is 7.07. The summed E-state index contributed by atoms with van der Waals surface area (Å²) in [6, 6.07) is 22.7. The van der Waals surface area contributed by atoms with Crippen LogP contribution in [-0.2, 0) is 13.2 Å². The number of aryl methyl sites for hydroxylation is 1. The lowest BCUT2D eigenvalue weighted by Gasteiger charge is -2.18. The minimum Gasteiger partial charge on any atom is -0.490 e. The normalized spacial score (nSPS) is 11.9. The Morgan fingerprint density at radius 1 is 0.966 bits per heavy atom. The summed E-state index contributed by atoms with van der Waals surface area (Å²) in [7, 11) is 0. The molecule has 3 aromatic rings. The van der Waals surface area contributed by atoms with E-state index in [-0.39, 0.29) is 6.04 Å². The zero-order chi connectivity index (χ0) is 20.6. The van der Waals surface area contributed by atoms with Crippen molar-refractivity contribution >= 4 is 11.6 Å². The van der Waals surface area contributed by atoms with Crippen LogP contribution in [0.5, 0.6) is 11.5 Å². The molecule has 1 N–H and O–H groups in total. The second kappa shape index (κ2) is 10.3. The lowest BCUT2D eigenvalue weighted by molar-refractivity contribution is 0.268. The van der Waals surface area contributed by atoms with Gasteiger partial charge in [-0.2, -0.15) is 0 Å². The third-order valence-electron chi connectivity index (χ3n) is 4.91. The molecular weight excluding hydrogens is 382 g/mol. The Balaban J connectivity index is 1.72. The molecule has 0 saturated heterocycles. The van der Waals surface area contributed by atoms with Crippen LogP contribution in [0.1, 0.15) is 42.1 Å². The van der Waals surface area contributed by atoms with Gasteiger partial charge in [-0.1, -0.05) is 66.2 Å². The molecule has 0 spiro atoms. The van der Waals surface area contributed by atoms with E-state index < -0.39 is 0 Å². The van der Waals surface area contributed by atoms with Gasteiger partial charge in [-0.25, -0.2) is 0 Å². The van der Waals surface area contributed by atoms with Crippen molar-refractivity contribution in [1.82, 2.24) is 5.32 Å². The number of rotatable bonds is 9. The van der Waals surface area contributed by atoms with E-state index in [1.807, 2.05) is 37.3 Å². The number of nitrogens with one attached hydrogen (secondary N) is 1. The smallest absolute Gasteiger partial charge is 0.180 e. The van der Waals surface area contributed by atoms with Crippen molar-refractivity contribution < 1.29 is 9.47 Å². The van der Waals surface area contributed by atoms with E-state index >= 15 is 0 Å². The monoisotopic (exact) mass is 409 g/mol. The molecule has 0 heterocycles. The Morgan fingerprint density at radius 3 is 2.41 bits per heavy atom. The minimum atomic E-state index is 0.238. The first-order valence-electron chi connectivity index (χ1n) is 9.99. The summed E-state index contributed by atoms with van der Waals surface area (Å²) in [5, 5.41) is 4.11. The molecule has 29 heavy (non-hydrogen) atoms. The van der Waals surface area contributed by atoms with E-state index in [0.29, 0.717) is 36.3 Å². The molecule has 0 unspecified atom stereocenters. The van der Waals surface area contributed by atoms with Gasteiger partial charge in [0.05, 0.1) is 11.6 Å². The van der Waals surface area contributed by atoms with Crippen LogP contribution in [0.25, 0.3) is 0 Å². The Hall–Kier alpha value is -2.49. The lowest BCUT2D eigenvalue weighted by Crippen LogP contribution is -2.18. The molecule has 4 heteroatoms. The summed E-state index contributed by atoms with van der Waals surface area (Å²) in [4.78, 5) is 0. The maximum Gasteiger partial charge on any atom is 0.180 e. The van der Waals surface area contributed by atoms with Gasteiger partial charge in [-0.3, -0.25) is 0 Å². The summed E-state index contributed by atoms with van der Waals surface area (Å²) in [5.74, 6) is 1.27. The van der Waals surface area contributed by atoms with Crippen LogP contribution in [0.3, 0.4) is 0 Å². The largest absolute Gasteiger partial charge is 0.490 e. The van der Waals surface area contributed by atoms with Crippen molar-refractivity contribution in [2.45, 2.75) is 40.0 Å². The van der Waals surface area contributed by atoms with Crippen LogP contribution in [0.15, 0.2) is 66.7 Å². The van der Waals surface area contributed by atoms with Gasteiger partial charge in [-0.15, -0.1) is 0 Å². The van der Waals surface area contributed by atoms with Crippen LogP contribution in [0, 0.1) is 6.92 Å². The maximum atomic E-state index is 6.58. The number of benzene rings is 3. The predicted molar refractivity (Wildman–Crippen MR) is 120 cm³/mol. The van der Waals surface area contributed by atoms with Gasteiger partial charge in [0.1, 0.15) is 6.61 Å². The van der Waals surface area contributed by atoms with Gasteiger partial charge in [0.25, 0.3) is 0 Å². The number of hydrogen-bond acceptors (Lipinski definition) is 3. The van der Waals surface area contributed by atoms with Crippen LogP contribution in [0.2, 0.25) is 5.02 Å². The summed E-state index contributed by atoms with van der Waals surface area (Å²) in [6.45, 7) is 7.88. The molecule has 152 valence electrons. The summed E-state index contributed by atoms with van der Waals surface area (Å²) in [6.07, 6.45) is 0. The van der Waals surface area contributed by atoms with Crippen LogP contribution >= 0.6 is 11.6 Å². The zero-order valence-electron chi connectivity index (χ0n) is 17.2. The Morgan fingerprint density at radius 2 is 1.69 bits per heavy atom. The van der Waals surface area contributed by atoms with E-state index in [2.05, 4.69) is 55.6 Å². The summed E-state index contributed by atoms with van der Waals surface area (Å²) >= 11 is 6.58. The molecule has 0 aliphatic carbocycles. The molecule has 3 nitrogen and oxygen atoms in total. The molecule has 3 rings (SSSR count). The third kappa shape index (κ3) is 5.75. The van der Waals surface area contributed by atoms with Crippen molar-refractivity contribution in [3.05, 3.63) is 94.0 Å². The van der Waals surface area contributed by atoms with Gasteiger partial charge in [0.15, 0.2) is 11.5 Å². The molecule has 0 aliphatic rings. The minimum absolute atomic E-state index is 0.238. The Labute approximate surface area is 178 Å². The Kier molecular flexibility index (Phi) is 7.56. The van der Waals surface area contributed by atoms with Gasteiger partial charge in [-0.05, 0) is 55.2 Å². The first-order valence-corrected chi connectivity index (χ1v) is 10.4. The molecule has 0 amide bonds. The molecule has 3 aromatic carbocycles. The highest BCUT2D eigenvalue weighted by molar-refractivity contribution is 6.32. The van der Waals surface area contributed by atoms with E-state index in [4.69, 9.17) is 21.1 Å². The average Bonchev–Trinajstić information content (AvgIpc) is 2.73. The van der Waals surface area contributed by atoms with E-state index in [0.717, 1.165) is 11.1 Å². The fourth-order valence-corrected chi connectivity index (χ4v) is 3.47. The molecule has 0 fully saturated rings. The quantitative estimate of drug-likeness (QED) is 0.439. The molecular formula is C25H28ClNO2. The molecule has 0 aliphatic heterocycles. The van der Waals surface area contributed by atoms with Crippen molar-refractivity contribution in [2.75, 3.05) is 6.61 Å². The Bertz CT molecular complexity index is 927. The first kappa shape index (κ1) is 21.2. The highest BCUT2D eigenvalue weighted by Gasteiger charge is 2.14. The fraction of sp³-hybridized carbons (Fsp3) is 0.280. The van der Waals surface area contributed by atoms with Crippen molar-refractivity contribution in [3.8, 4) is 11.5 Å². The molecule has 0 radical (unpaired) electrons. The van der Waals surface area contributed by atoms with Gasteiger partial charge in [0.2, 0.25) is 0 Å². The summed E-state index contributed by atoms with van der Waals surface area (Å²) < 4.78 is 11.9. The van der Waals surface area contributed by atoms with Crippen molar-refractivity contribution in [2.24, 2.45) is 0 Å². The van der Waals surface area contributed by atoms with Crippen molar-refractivity contribution in [3.63, 3.8) is 0 Å². The molecule has 0 saturated carbocycles. The van der Waals surface area contributed by atoms with Crippen LogP contribution < -0.4 is 14.8 Å². The van der Waals surface area contributed by atoms with Crippen LogP contribution in [0.4, 0.5) is 0 Å². The number of hydrogen-bond donors (Lipinski definition) is 1. The standard InChI is InChI=1S/C25H28ClNO2/c1-4-28-24-15-20(16-27-19(3)21-11-6-5-7-12-21)14-23(26)25(24)29-17-22-13-9-8-10-18(22)2/h5-15,19,27H,4,16-17H2,1-3H3/t19-/m1/s1. The fourth-order valence-electron chi connectivity index (χ4n) is 3.18. The van der Waals surface area contributed by atoms with Crippen molar-refractivity contribution in [1.29, 1.82) is 0 Å².